The van der Waals surface area contributed by atoms with E-state index in [1.165, 1.54) is 5.56 Å². The molecule has 1 aliphatic heterocycles. The Kier molecular flexibility index (Phi) is 7.89. The van der Waals surface area contributed by atoms with Gasteiger partial charge in [-0.05, 0) is 76.9 Å². The second-order valence-corrected chi connectivity index (χ2v) is 9.18. The minimum Gasteiger partial charge on any atom is -0.497 e. The van der Waals surface area contributed by atoms with Crippen LogP contribution in [-0.4, -0.2) is 58.6 Å². The molecular weight excluding hydrogens is 444 g/mol. The van der Waals surface area contributed by atoms with Crippen LogP contribution in [0.5, 0.6) is 5.75 Å². The van der Waals surface area contributed by atoms with E-state index in [9.17, 15) is 20.4 Å². The monoisotopic (exact) mass is 478 g/mol. The Balaban J connectivity index is 1.79. The molecule has 35 heavy (non-hydrogen) atoms. The number of benzene rings is 3. The Morgan fingerprint density at radius 2 is 1.51 bits per heavy atom. The summed E-state index contributed by atoms with van der Waals surface area (Å²) in [7, 11) is 1.63. The zero-order chi connectivity index (χ0) is 25.1. The van der Waals surface area contributed by atoms with Gasteiger partial charge in [0.05, 0.1) is 13.7 Å². The maximum absolute atomic E-state index is 10.8. The standard InChI is InChI=1S/C29H34O6/c1-4-18-5-7-19(8-6-18)13-21-14-22(29-28(33)27(32)26(31)25(16-30)35-29)15-24(17(21)2)20-9-11-23(34-3)12-10-20/h5-12,14-15,25-33H,4,13,16H2,1-3H3. The first-order chi connectivity index (χ1) is 16.9. The smallest absolute Gasteiger partial charge is 0.118 e. The molecule has 5 atom stereocenters. The molecular formula is C29H34O6. The Morgan fingerprint density at radius 1 is 0.857 bits per heavy atom. The van der Waals surface area contributed by atoms with Crippen molar-refractivity contribution in [3.63, 3.8) is 0 Å². The van der Waals surface area contributed by atoms with Crippen molar-refractivity contribution in [3.05, 3.63) is 88.5 Å². The van der Waals surface area contributed by atoms with Crippen molar-refractivity contribution in [2.75, 3.05) is 13.7 Å². The van der Waals surface area contributed by atoms with Gasteiger partial charge in [0.2, 0.25) is 0 Å². The van der Waals surface area contributed by atoms with Gasteiger partial charge in [-0.25, -0.2) is 0 Å². The summed E-state index contributed by atoms with van der Waals surface area (Å²) in [6, 6.07) is 20.2. The molecule has 4 rings (SSSR count). The van der Waals surface area contributed by atoms with Crippen LogP contribution in [0, 0.1) is 6.92 Å². The first-order valence-electron chi connectivity index (χ1n) is 12.0. The summed E-state index contributed by atoms with van der Waals surface area (Å²) in [5, 5.41) is 41.0. The van der Waals surface area contributed by atoms with Gasteiger partial charge >= 0.3 is 0 Å². The number of rotatable bonds is 7. The first kappa shape index (κ1) is 25.4. The SMILES string of the molecule is CCc1ccc(Cc2cc(C3OC(CO)C(O)C(O)C3O)cc(-c3ccc(OC)cc3)c2C)cc1. The Morgan fingerprint density at radius 3 is 2.11 bits per heavy atom. The average Bonchev–Trinajstić information content (AvgIpc) is 2.89. The normalized spacial score (nSPS) is 24.4. The third-order valence-corrected chi connectivity index (χ3v) is 6.99. The van der Waals surface area contributed by atoms with Crippen LogP contribution in [0.15, 0.2) is 60.7 Å². The second kappa shape index (κ2) is 10.9. The summed E-state index contributed by atoms with van der Waals surface area (Å²) >= 11 is 0. The van der Waals surface area contributed by atoms with Gasteiger partial charge in [-0.3, -0.25) is 0 Å². The quantitative estimate of drug-likeness (QED) is 0.416. The summed E-state index contributed by atoms with van der Waals surface area (Å²) in [5.41, 5.74) is 7.24. The molecule has 0 aromatic heterocycles. The highest BCUT2D eigenvalue weighted by Gasteiger charge is 2.44. The third kappa shape index (κ3) is 5.27. The van der Waals surface area contributed by atoms with Gasteiger partial charge in [-0.1, -0.05) is 49.4 Å². The van der Waals surface area contributed by atoms with Gasteiger partial charge in [0, 0.05) is 0 Å². The highest BCUT2D eigenvalue weighted by Crippen LogP contribution is 2.37. The summed E-state index contributed by atoms with van der Waals surface area (Å²) in [6.45, 7) is 3.74. The van der Waals surface area contributed by atoms with E-state index in [0.717, 1.165) is 40.0 Å². The highest BCUT2D eigenvalue weighted by molar-refractivity contribution is 5.70. The molecule has 0 saturated carbocycles. The van der Waals surface area contributed by atoms with Crippen molar-refractivity contribution in [2.45, 2.75) is 57.2 Å². The van der Waals surface area contributed by atoms with Crippen molar-refractivity contribution < 1.29 is 29.9 Å². The molecule has 0 spiro atoms. The van der Waals surface area contributed by atoms with Crippen LogP contribution in [0.3, 0.4) is 0 Å². The summed E-state index contributed by atoms with van der Waals surface area (Å²) in [6.07, 6.45) is -4.36. The van der Waals surface area contributed by atoms with E-state index in [1.807, 2.05) is 36.4 Å². The number of hydrogen-bond donors (Lipinski definition) is 4. The molecule has 3 aromatic rings. The zero-order valence-corrected chi connectivity index (χ0v) is 20.4. The van der Waals surface area contributed by atoms with Crippen LogP contribution in [-0.2, 0) is 17.6 Å². The first-order valence-corrected chi connectivity index (χ1v) is 12.0. The van der Waals surface area contributed by atoms with Crippen LogP contribution >= 0.6 is 0 Å². The maximum Gasteiger partial charge on any atom is 0.118 e. The van der Waals surface area contributed by atoms with Crippen molar-refractivity contribution >= 4 is 0 Å². The van der Waals surface area contributed by atoms with E-state index in [1.54, 1.807) is 7.11 Å². The lowest BCUT2D eigenvalue weighted by Gasteiger charge is -2.40. The molecule has 0 bridgehead atoms. The van der Waals surface area contributed by atoms with E-state index in [-0.39, 0.29) is 0 Å². The molecule has 0 amide bonds. The number of ether oxygens (including phenoxy) is 2. The van der Waals surface area contributed by atoms with Gasteiger partial charge in [0.25, 0.3) is 0 Å². The number of aliphatic hydroxyl groups excluding tert-OH is 4. The number of methoxy groups -OCH3 is 1. The topological polar surface area (TPSA) is 99.4 Å². The molecule has 0 radical (unpaired) electrons. The Hall–Kier alpha value is -2.74. The summed E-state index contributed by atoms with van der Waals surface area (Å²) < 4.78 is 11.2. The largest absolute Gasteiger partial charge is 0.497 e. The number of aryl methyl sites for hydroxylation is 1. The molecule has 4 N–H and O–H groups in total. The lowest BCUT2D eigenvalue weighted by atomic mass is 9.85. The van der Waals surface area contributed by atoms with Crippen LogP contribution in [0.2, 0.25) is 0 Å². The molecule has 3 aromatic carbocycles. The molecule has 5 unspecified atom stereocenters. The van der Waals surface area contributed by atoms with Crippen molar-refractivity contribution in [1.82, 2.24) is 0 Å². The van der Waals surface area contributed by atoms with E-state index in [0.29, 0.717) is 12.0 Å². The van der Waals surface area contributed by atoms with Crippen LogP contribution < -0.4 is 4.74 Å². The minimum absolute atomic E-state index is 0.463. The molecule has 1 fully saturated rings. The lowest BCUT2D eigenvalue weighted by molar-refractivity contribution is -0.231. The molecule has 6 nitrogen and oxygen atoms in total. The van der Waals surface area contributed by atoms with Gasteiger partial charge < -0.3 is 29.9 Å². The Bertz CT molecular complexity index is 1120. The lowest BCUT2D eigenvalue weighted by Crippen LogP contribution is -2.55. The number of aliphatic hydroxyl groups is 4. The van der Waals surface area contributed by atoms with E-state index in [2.05, 4.69) is 38.1 Å². The fourth-order valence-electron chi connectivity index (χ4n) is 4.71. The highest BCUT2D eigenvalue weighted by atomic mass is 16.5. The predicted octanol–water partition coefficient (Wildman–Crippen LogP) is 3.34. The van der Waals surface area contributed by atoms with E-state index in [4.69, 9.17) is 9.47 Å². The molecule has 186 valence electrons. The molecule has 0 aliphatic carbocycles. The molecule has 1 heterocycles. The fourth-order valence-corrected chi connectivity index (χ4v) is 4.71. The Labute approximate surface area is 206 Å². The van der Waals surface area contributed by atoms with Crippen molar-refractivity contribution in [3.8, 4) is 16.9 Å². The van der Waals surface area contributed by atoms with Crippen molar-refractivity contribution in [1.29, 1.82) is 0 Å². The molecule has 6 heteroatoms. The number of hydrogen-bond acceptors (Lipinski definition) is 6. The zero-order valence-electron chi connectivity index (χ0n) is 20.4. The fraction of sp³-hybridized carbons (Fsp3) is 0.379. The van der Waals surface area contributed by atoms with E-state index >= 15 is 0 Å². The van der Waals surface area contributed by atoms with Gasteiger partial charge in [0.1, 0.15) is 36.3 Å². The average molecular weight is 479 g/mol. The van der Waals surface area contributed by atoms with E-state index < -0.39 is 37.1 Å². The maximum atomic E-state index is 10.8. The van der Waals surface area contributed by atoms with Gasteiger partial charge in [-0.2, -0.15) is 0 Å². The summed E-state index contributed by atoms with van der Waals surface area (Å²) in [5.74, 6) is 0.757. The minimum atomic E-state index is -1.43. The van der Waals surface area contributed by atoms with Crippen molar-refractivity contribution in [2.24, 2.45) is 0 Å². The van der Waals surface area contributed by atoms with Crippen LogP contribution in [0.1, 0.15) is 40.8 Å². The second-order valence-electron chi connectivity index (χ2n) is 9.18. The summed E-state index contributed by atoms with van der Waals surface area (Å²) in [4.78, 5) is 0. The van der Waals surface area contributed by atoms with Crippen LogP contribution in [0.4, 0.5) is 0 Å². The third-order valence-electron chi connectivity index (χ3n) is 6.99. The van der Waals surface area contributed by atoms with Crippen LogP contribution in [0.25, 0.3) is 11.1 Å². The molecule has 1 saturated heterocycles. The predicted molar refractivity (Wildman–Crippen MR) is 135 cm³/mol. The van der Waals surface area contributed by atoms with Gasteiger partial charge in [-0.15, -0.1) is 0 Å². The van der Waals surface area contributed by atoms with Gasteiger partial charge in [0.15, 0.2) is 0 Å². The molecule has 1 aliphatic rings.